The zero-order chi connectivity index (χ0) is 10.6. The fraction of sp³-hybridized carbons (Fsp3) is 0.125. The molecule has 1 aromatic rings. The summed E-state index contributed by atoms with van der Waals surface area (Å²) in [5, 5.41) is 10.3. The number of hydrogen-bond donors (Lipinski definition) is 1. The maximum atomic E-state index is 10.7. The molecule has 0 amide bonds. The number of nitro groups is 1. The van der Waals surface area contributed by atoms with E-state index < -0.39 is 10.9 Å². The Morgan fingerprint density at radius 3 is 2.93 bits per heavy atom. The molecule has 0 aliphatic carbocycles. The standard InChI is InChI=1S/C8H8N2O4/c1-14-8(11)3-2-6-4-7(5-9-6)10(12)13/h2-5,9H,1H3/b3-2+. The summed E-state index contributed by atoms with van der Waals surface area (Å²) in [4.78, 5) is 23.1. The molecule has 0 radical (unpaired) electrons. The number of hydrogen-bond acceptors (Lipinski definition) is 4. The lowest BCUT2D eigenvalue weighted by Gasteiger charge is -1.87. The lowest BCUT2D eigenvalue weighted by molar-refractivity contribution is -0.384. The van der Waals surface area contributed by atoms with E-state index in [0.29, 0.717) is 5.69 Å². The van der Waals surface area contributed by atoms with Crippen LogP contribution in [0.2, 0.25) is 0 Å². The monoisotopic (exact) mass is 196 g/mol. The smallest absolute Gasteiger partial charge is 0.330 e. The van der Waals surface area contributed by atoms with Gasteiger partial charge in [0.25, 0.3) is 5.69 Å². The van der Waals surface area contributed by atoms with Crippen LogP contribution >= 0.6 is 0 Å². The van der Waals surface area contributed by atoms with Crippen molar-refractivity contribution in [3.8, 4) is 0 Å². The molecule has 1 N–H and O–H groups in total. The fourth-order valence-electron chi connectivity index (χ4n) is 0.827. The van der Waals surface area contributed by atoms with Crippen LogP contribution in [-0.2, 0) is 9.53 Å². The molecule has 0 fully saturated rings. The molecule has 0 atom stereocenters. The van der Waals surface area contributed by atoms with E-state index in [1.807, 2.05) is 0 Å². The summed E-state index contributed by atoms with van der Waals surface area (Å²) >= 11 is 0. The Hall–Kier alpha value is -2.11. The Morgan fingerprint density at radius 1 is 1.71 bits per heavy atom. The SMILES string of the molecule is COC(=O)/C=C/c1cc([N+](=O)[O-])c[nH]1. The van der Waals surface area contributed by atoms with Gasteiger partial charge in [-0.25, -0.2) is 4.79 Å². The molecule has 6 heteroatoms. The Kier molecular flexibility index (Phi) is 3.01. The van der Waals surface area contributed by atoms with E-state index in [9.17, 15) is 14.9 Å². The van der Waals surface area contributed by atoms with Crippen molar-refractivity contribution in [2.45, 2.75) is 0 Å². The lowest BCUT2D eigenvalue weighted by Crippen LogP contribution is -1.93. The predicted molar refractivity (Wildman–Crippen MR) is 48.5 cm³/mol. The van der Waals surface area contributed by atoms with Crippen LogP contribution in [0.3, 0.4) is 0 Å². The van der Waals surface area contributed by atoms with Crippen molar-refractivity contribution in [1.29, 1.82) is 0 Å². The molecular formula is C8H8N2O4. The van der Waals surface area contributed by atoms with Crippen LogP contribution in [-0.4, -0.2) is 23.0 Å². The Balaban J connectivity index is 2.73. The Morgan fingerprint density at radius 2 is 2.43 bits per heavy atom. The van der Waals surface area contributed by atoms with Crippen molar-refractivity contribution in [3.63, 3.8) is 0 Å². The Bertz CT molecular complexity index is 380. The number of aromatic amines is 1. The second-order valence-corrected chi connectivity index (χ2v) is 2.43. The number of rotatable bonds is 3. The van der Waals surface area contributed by atoms with Crippen LogP contribution in [0.1, 0.15) is 5.69 Å². The summed E-state index contributed by atoms with van der Waals surface area (Å²) in [6, 6.07) is 1.32. The molecule has 0 aromatic carbocycles. The highest BCUT2D eigenvalue weighted by Crippen LogP contribution is 2.12. The first-order chi connectivity index (χ1) is 6.63. The van der Waals surface area contributed by atoms with E-state index in [1.54, 1.807) is 0 Å². The number of carbonyl (C=O) groups excluding carboxylic acids is 1. The number of H-pyrrole nitrogens is 1. The van der Waals surface area contributed by atoms with Gasteiger partial charge in [0.15, 0.2) is 0 Å². The molecule has 0 unspecified atom stereocenters. The number of methoxy groups -OCH3 is 1. The van der Waals surface area contributed by atoms with Crippen molar-refractivity contribution in [2.24, 2.45) is 0 Å². The normalized spacial score (nSPS) is 10.4. The van der Waals surface area contributed by atoms with Gasteiger partial charge < -0.3 is 9.72 Å². The summed E-state index contributed by atoms with van der Waals surface area (Å²) in [6.45, 7) is 0. The van der Waals surface area contributed by atoms with E-state index in [1.165, 1.54) is 31.5 Å². The van der Waals surface area contributed by atoms with Crippen LogP contribution in [0.5, 0.6) is 0 Å². The molecule has 0 aliphatic rings. The average Bonchev–Trinajstić information content (AvgIpc) is 2.62. The van der Waals surface area contributed by atoms with Gasteiger partial charge in [-0.05, 0) is 6.08 Å². The van der Waals surface area contributed by atoms with Gasteiger partial charge in [-0.15, -0.1) is 0 Å². The van der Waals surface area contributed by atoms with Gasteiger partial charge >= 0.3 is 5.97 Å². The van der Waals surface area contributed by atoms with Gasteiger partial charge in [0.2, 0.25) is 0 Å². The molecule has 0 bridgehead atoms. The first-order valence-corrected chi connectivity index (χ1v) is 3.72. The molecule has 0 aliphatic heterocycles. The molecule has 1 aromatic heterocycles. The highest BCUT2D eigenvalue weighted by Gasteiger charge is 2.06. The summed E-state index contributed by atoms with van der Waals surface area (Å²) in [5.74, 6) is -0.512. The van der Waals surface area contributed by atoms with Crippen molar-refractivity contribution < 1.29 is 14.5 Å². The molecule has 1 rings (SSSR count). The van der Waals surface area contributed by atoms with Crippen molar-refractivity contribution in [3.05, 3.63) is 34.1 Å². The topological polar surface area (TPSA) is 85.2 Å². The molecule has 0 saturated heterocycles. The van der Waals surface area contributed by atoms with Crippen molar-refractivity contribution in [1.82, 2.24) is 4.98 Å². The van der Waals surface area contributed by atoms with E-state index in [4.69, 9.17) is 0 Å². The summed E-state index contributed by atoms with van der Waals surface area (Å²) in [5.41, 5.74) is 0.427. The minimum atomic E-state index is -0.522. The zero-order valence-electron chi connectivity index (χ0n) is 7.39. The maximum absolute atomic E-state index is 10.7. The van der Waals surface area contributed by atoms with E-state index in [-0.39, 0.29) is 5.69 Å². The number of esters is 1. The van der Waals surface area contributed by atoms with Gasteiger partial charge in [0.05, 0.1) is 18.2 Å². The molecule has 6 nitrogen and oxygen atoms in total. The van der Waals surface area contributed by atoms with Crippen LogP contribution in [0.25, 0.3) is 6.08 Å². The van der Waals surface area contributed by atoms with Gasteiger partial charge in [-0.3, -0.25) is 10.1 Å². The number of nitrogens with zero attached hydrogens (tertiary/aromatic N) is 1. The number of aromatic nitrogens is 1. The average molecular weight is 196 g/mol. The minimum absolute atomic E-state index is 0.0467. The molecular weight excluding hydrogens is 188 g/mol. The quantitative estimate of drug-likeness (QED) is 0.339. The molecule has 1 heterocycles. The minimum Gasteiger partial charge on any atom is -0.466 e. The van der Waals surface area contributed by atoms with Gasteiger partial charge in [0.1, 0.15) is 0 Å². The van der Waals surface area contributed by atoms with E-state index in [2.05, 4.69) is 9.72 Å². The van der Waals surface area contributed by atoms with E-state index >= 15 is 0 Å². The first-order valence-electron chi connectivity index (χ1n) is 3.72. The van der Waals surface area contributed by atoms with Crippen LogP contribution in [0.15, 0.2) is 18.3 Å². The van der Waals surface area contributed by atoms with Gasteiger partial charge in [-0.2, -0.15) is 0 Å². The summed E-state index contributed by atoms with van der Waals surface area (Å²) in [7, 11) is 1.25. The van der Waals surface area contributed by atoms with Crippen LogP contribution < -0.4 is 0 Å². The largest absolute Gasteiger partial charge is 0.466 e. The van der Waals surface area contributed by atoms with Crippen molar-refractivity contribution >= 4 is 17.7 Å². The molecule has 14 heavy (non-hydrogen) atoms. The number of carbonyl (C=O) groups is 1. The summed E-state index contributed by atoms with van der Waals surface area (Å²) < 4.78 is 4.35. The third kappa shape index (κ3) is 2.44. The lowest BCUT2D eigenvalue weighted by atomic mass is 10.3. The maximum Gasteiger partial charge on any atom is 0.330 e. The first kappa shape index (κ1) is 9.97. The highest BCUT2D eigenvalue weighted by atomic mass is 16.6. The summed E-state index contributed by atoms with van der Waals surface area (Å²) in [6.07, 6.45) is 3.82. The third-order valence-corrected chi connectivity index (χ3v) is 1.50. The van der Waals surface area contributed by atoms with Crippen molar-refractivity contribution in [2.75, 3.05) is 7.11 Å². The predicted octanol–water partition coefficient (Wildman–Crippen LogP) is 1.11. The number of nitrogens with one attached hydrogen (secondary N) is 1. The van der Waals surface area contributed by atoms with Crippen LogP contribution in [0, 0.1) is 10.1 Å². The molecule has 74 valence electrons. The Labute approximate surface area is 79.3 Å². The van der Waals surface area contributed by atoms with Gasteiger partial charge in [-0.1, -0.05) is 0 Å². The van der Waals surface area contributed by atoms with Crippen LogP contribution in [0.4, 0.5) is 5.69 Å². The second kappa shape index (κ2) is 4.22. The molecule has 0 saturated carbocycles. The zero-order valence-corrected chi connectivity index (χ0v) is 7.39. The number of ether oxygens (including phenoxy) is 1. The van der Waals surface area contributed by atoms with E-state index in [0.717, 1.165) is 0 Å². The second-order valence-electron chi connectivity index (χ2n) is 2.43. The van der Waals surface area contributed by atoms with Gasteiger partial charge in [0, 0.05) is 17.8 Å². The fourth-order valence-corrected chi connectivity index (χ4v) is 0.827. The highest BCUT2D eigenvalue weighted by molar-refractivity contribution is 5.86. The third-order valence-electron chi connectivity index (χ3n) is 1.50. The molecule has 0 spiro atoms.